The van der Waals surface area contributed by atoms with E-state index in [-0.39, 0.29) is 0 Å². The van der Waals surface area contributed by atoms with Crippen LogP contribution in [0.25, 0.3) is 43.8 Å². The molecule has 0 aliphatic rings. The standard InChI is InChI=1S/C52H48N6Si2/c1-59(2,3)41-25-19-37(20-26-41)51-43-29-23-39(57(47-15-7-11-31-53-47)48-16-8-12-32-54-48)35-45(43)52(38-21-27-42(28-22-38)60(4,5)6)46-36-40(24-30-44(46)51)58(49-17-9-13-33-55-49)50-18-10-14-34-56-50/h7-36H,1-6H3. The first-order chi connectivity index (χ1) is 29.0. The highest BCUT2D eigenvalue weighted by molar-refractivity contribution is 6.89. The van der Waals surface area contributed by atoms with Crippen LogP contribution < -0.4 is 20.2 Å². The van der Waals surface area contributed by atoms with Gasteiger partial charge in [0, 0.05) is 36.2 Å². The normalized spacial score (nSPS) is 11.8. The van der Waals surface area contributed by atoms with Crippen molar-refractivity contribution in [3.63, 3.8) is 0 Å². The smallest absolute Gasteiger partial charge is 0.138 e. The summed E-state index contributed by atoms with van der Waals surface area (Å²) in [4.78, 5) is 23.6. The van der Waals surface area contributed by atoms with Gasteiger partial charge in [0.1, 0.15) is 23.3 Å². The Balaban J connectivity index is 1.40. The first kappa shape index (κ1) is 38.8. The van der Waals surface area contributed by atoms with Crippen LogP contribution >= 0.6 is 0 Å². The van der Waals surface area contributed by atoms with Crippen LogP contribution in [0, 0.1) is 0 Å². The Morgan fingerprint density at radius 2 is 0.650 bits per heavy atom. The minimum absolute atomic E-state index is 0.795. The van der Waals surface area contributed by atoms with Crippen molar-refractivity contribution in [1.29, 1.82) is 0 Å². The average Bonchev–Trinajstić information content (AvgIpc) is 3.27. The Bertz CT molecular complexity index is 2690. The van der Waals surface area contributed by atoms with Gasteiger partial charge in [-0.05, 0) is 117 Å². The van der Waals surface area contributed by atoms with E-state index in [1.54, 1.807) is 0 Å². The molecule has 0 amide bonds. The minimum atomic E-state index is -1.57. The fraction of sp³-hybridized carbons (Fsp3) is 0.115. The molecule has 0 bridgehead atoms. The Kier molecular flexibility index (Phi) is 10.2. The predicted octanol–water partition coefficient (Wildman–Crippen LogP) is 12.9. The molecule has 5 aromatic carbocycles. The molecule has 0 N–H and O–H groups in total. The first-order valence-corrected chi connectivity index (χ1v) is 27.5. The third-order valence-electron chi connectivity index (χ3n) is 11.2. The van der Waals surface area contributed by atoms with Gasteiger partial charge in [-0.25, -0.2) is 19.9 Å². The summed E-state index contributed by atoms with van der Waals surface area (Å²) in [5.41, 5.74) is 6.65. The maximum Gasteiger partial charge on any atom is 0.138 e. The second-order valence-corrected chi connectivity index (χ2v) is 27.4. The third-order valence-corrected chi connectivity index (χ3v) is 15.3. The first-order valence-electron chi connectivity index (χ1n) is 20.5. The van der Waals surface area contributed by atoms with Crippen LogP contribution in [0.1, 0.15) is 0 Å². The summed E-state index contributed by atoms with van der Waals surface area (Å²) >= 11 is 0. The zero-order chi connectivity index (χ0) is 41.4. The van der Waals surface area contributed by atoms with E-state index in [1.165, 1.54) is 32.3 Å². The summed E-state index contributed by atoms with van der Waals surface area (Å²) in [6.45, 7) is 14.4. The maximum absolute atomic E-state index is 4.83. The summed E-state index contributed by atoms with van der Waals surface area (Å²) in [5.74, 6) is 3.18. The minimum Gasteiger partial charge on any atom is -0.279 e. The van der Waals surface area contributed by atoms with Crippen LogP contribution in [0.5, 0.6) is 0 Å². The molecule has 0 fully saturated rings. The lowest BCUT2D eigenvalue weighted by atomic mass is 9.85. The second-order valence-electron chi connectivity index (χ2n) is 17.3. The van der Waals surface area contributed by atoms with Crippen molar-refractivity contribution in [2.75, 3.05) is 9.80 Å². The molecule has 8 heteroatoms. The molecule has 60 heavy (non-hydrogen) atoms. The number of benzene rings is 5. The number of rotatable bonds is 10. The summed E-state index contributed by atoms with van der Waals surface area (Å²) in [6.07, 6.45) is 7.35. The van der Waals surface area contributed by atoms with Crippen molar-refractivity contribution in [2.24, 2.45) is 0 Å². The van der Waals surface area contributed by atoms with Crippen molar-refractivity contribution in [3.05, 3.63) is 183 Å². The van der Waals surface area contributed by atoms with E-state index in [1.807, 2.05) is 97.6 Å². The third kappa shape index (κ3) is 7.51. The van der Waals surface area contributed by atoms with Gasteiger partial charge >= 0.3 is 0 Å². The number of pyridine rings is 4. The molecule has 0 atom stereocenters. The SMILES string of the molecule is C[Si](C)(C)c1ccc(-c2c3ccc(N(c4ccccn4)c4ccccn4)cc3c(-c3ccc([Si](C)(C)C)cc3)c3cc(N(c4ccccn4)c4ccccn4)ccc23)cc1. The van der Waals surface area contributed by atoms with E-state index in [9.17, 15) is 0 Å². The number of hydrogen-bond donors (Lipinski definition) is 0. The van der Waals surface area contributed by atoms with Crippen LogP contribution in [0.4, 0.5) is 34.6 Å². The number of nitrogens with zero attached hydrogens (tertiary/aromatic N) is 6. The molecule has 4 heterocycles. The van der Waals surface area contributed by atoms with Gasteiger partial charge in [-0.15, -0.1) is 0 Å². The van der Waals surface area contributed by atoms with Gasteiger partial charge in [-0.1, -0.05) is 135 Å². The Hall–Kier alpha value is -6.75. The average molecular weight is 813 g/mol. The monoisotopic (exact) mass is 812 g/mol. The van der Waals surface area contributed by atoms with Gasteiger partial charge in [0.15, 0.2) is 0 Å². The Labute approximate surface area is 354 Å². The van der Waals surface area contributed by atoms with Gasteiger partial charge in [0.2, 0.25) is 0 Å². The summed E-state index contributed by atoms with van der Waals surface area (Å²) < 4.78 is 0. The molecule has 0 radical (unpaired) electrons. The highest BCUT2D eigenvalue weighted by Crippen LogP contribution is 2.47. The van der Waals surface area contributed by atoms with E-state index >= 15 is 0 Å². The molecule has 0 aliphatic heterocycles. The van der Waals surface area contributed by atoms with Gasteiger partial charge < -0.3 is 0 Å². The topological polar surface area (TPSA) is 58.0 Å². The quantitative estimate of drug-likeness (QED) is 0.101. The molecule has 0 unspecified atom stereocenters. The Morgan fingerprint density at radius 1 is 0.333 bits per heavy atom. The van der Waals surface area contributed by atoms with Gasteiger partial charge in [-0.2, -0.15) is 0 Å². The summed E-state index contributed by atoms with van der Waals surface area (Å²) in [5, 5.41) is 7.50. The van der Waals surface area contributed by atoms with Crippen molar-refractivity contribution in [2.45, 2.75) is 39.3 Å². The van der Waals surface area contributed by atoms with Crippen LogP contribution in [0.2, 0.25) is 39.3 Å². The maximum atomic E-state index is 4.83. The van der Waals surface area contributed by atoms with Crippen molar-refractivity contribution >= 4 is 82.7 Å². The lowest BCUT2D eigenvalue weighted by Crippen LogP contribution is -2.37. The molecule has 9 aromatic rings. The van der Waals surface area contributed by atoms with Crippen molar-refractivity contribution < 1.29 is 0 Å². The van der Waals surface area contributed by atoms with Crippen LogP contribution in [-0.4, -0.2) is 36.1 Å². The van der Waals surface area contributed by atoms with Gasteiger partial charge in [-0.3, -0.25) is 9.80 Å². The lowest BCUT2D eigenvalue weighted by molar-refractivity contribution is 1.13. The van der Waals surface area contributed by atoms with Gasteiger partial charge in [0.05, 0.1) is 16.1 Å². The Morgan fingerprint density at radius 3 is 0.933 bits per heavy atom. The number of fused-ring (bicyclic) bond motifs is 2. The highest BCUT2D eigenvalue weighted by Gasteiger charge is 2.24. The zero-order valence-electron chi connectivity index (χ0n) is 35.0. The fourth-order valence-electron chi connectivity index (χ4n) is 8.09. The molecular formula is C52H48N6Si2. The molecule has 6 nitrogen and oxygen atoms in total. The molecule has 0 saturated carbocycles. The zero-order valence-corrected chi connectivity index (χ0v) is 37.0. The molecule has 0 aliphatic carbocycles. The van der Waals surface area contributed by atoms with E-state index < -0.39 is 16.1 Å². The van der Waals surface area contributed by atoms with Crippen LogP contribution in [-0.2, 0) is 0 Å². The lowest BCUT2D eigenvalue weighted by Gasteiger charge is -2.26. The fourth-order valence-corrected chi connectivity index (χ4v) is 10.4. The largest absolute Gasteiger partial charge is 0.279 e. The highest BCUT2D eigenvalue weighted by atomic mass is 28.3. The number of aromatic nitrogens is 4. The predicted molar refractivity (Wildman–Crippen MR) is 259 cm³/mol. The van der Waals surface area contributed by atoms with E-state index in [0.717, 1.165) is 56.5 Å². The molecule has 294 valence electrons. The molecular weight excluding hydrogens is 765 g/mol. The molecule has 9 rings (SSSR count). The molecule has 4 aromatic heterocycles. The van der Waals surface area contributed by atoms with Crippen molar-refractivity contribution in [3.8, 4) is 22.3 Å². The van der Waals surface area contributed by atoms with Crippen LogP contribution in [0.15, 0.2) is 183 Å². The van der Waals surface area contributed by atoms with E-state index in [2.05, 4.69) is 134 Å². The summed E-state index contributed by atoms with van der Waals surface area (Å²) in [6, 6.07) is 56.4. The van der Waals surface area contributed by atoms with E-state index in [0.29, 0.717) is 0 Å². The summed E-state index contributed by atoms with van der Waals surface area (Å²) in [7, 11) is -3.11. The van der Waals surface area contributed by atoms with Gasteiger partial charge in [0.25, 0.3) is 0 Å². The van der Waals surface area contributed by atoms with E-state index in [4.69, 9.17) is 19.9 Å². The second kappa shape index (κ2) is 15.8. The van der Waals surface area contributed by atoms with Crippen LogP contribution in [0.3, 0.4) is 0 Å². The molecule has 0 spiro atoms. The molecule has 0 saturated heterocycles. The number of anilines is 6. The number of hydrogen-bond acceptors (Lipinski definition) is 6. The van der Waals surface area contributed by atoms with Crippen molar-refractivity contribution in [1.82, 2.24) is 19.9 Å².